The third-order valence-electron chi connectivity index (χ3n) is 2.59. The molecule has 0 saturated carbocycles. The third-order valence-corrected chi connectivity index (χ3v) is 2.59. The van der Waals surface area contributed by atoms with E-state index in [1.54, 1.807) is 6.92 Å². The maximum absolute atomic E-state index is 11.3. The molecule has 8 heteroatoms. The minimum atomic E-state index is -0.631. The van der Waals surface area contributed by atoms with Crippen LogP contribution in [0.3, 0.4) is 0 Å². The van der Waals surface area contributed by atoms with Gasteiger partial charge in [0, 0.05) is 12.1 Å². The summed E-state index contributed by atoms with van der Waals surface area (Å²) in [5.41, 5.74) is 0.540. The second-order valence-corrected chi connectivity index (χ2v) is 4.04. The quantitative estimate of drug-likeness (QED) is 0.483. The van der Waals surface area contributed by atoms with Crippen LogP contribution in [0.15, 0.2) is 30.6 Å². The van der Waals surface area contributed by atoms with E-state index in [1.807, 2.05) is 0 Å². The van der Waals surface area contributed by atoms with Crippen molar-refractivity contribution >= 4 is 11.7 Å². The molecule has 1 aromatic heterocycles. The molecule has 0 unspecified atom stereocenters. The molecule has 0 atom stereocenters. The Hall–Kier alpha value is -3.03. The van der Waals surface area contributed by atoms with Crippen molar-refractivity contribution in [3.8, 4) is 11.6 Å². The van der Waals surface area contributed by atoms with Gasteiger partial charge in [-0.25, -0.2) is 9.78 Å². The molecule has 0 aliphatic heterocycles. The first-order valence-corrected chi connectivity index (χ1v) is 5.84. The van der Waals surface area contributed by atoms with Gasteiger partial charge in [-0.3, -0.25) is 15.1 Å². The van der Waals surface area contributed by atoms with Crippen LogP contribution < -0.4 is 4.74 Å². The lowest BCUT2D eigenvalue weighted by Gasteiger charge is -2.07. The second kappa shape index (κ2) is 5.95. The number of benzene rings is 1. The fourth-order valence-corrected chi connectivity index (χ4v) is 1.57. The summed E-state index contributed by atoms with van der Waals surface area (Å²) in [6.07, 6.45) is 2.58. The molecule has 0 radical (unpaired) electrons. The number of rotatable bonds is 4. The Balaban J connectivity index is 2.26. The summed E-state index contributed by atoms with van der Waals surface area (Å²) in [5.74, 6) is -0.153. The number of aromatic nitrogens is 2. The number of non-ortho nitro benzene ring substituents is 1. The SMILES string of the molecule is COC(=O)c1cncc(Oc2ccc([N+](=O)[O-])cc2C)n1. The maximum atomic E-state index is 11.3. The number of hydrogen-bond donors (Lipinski definition) is 0. The molecule has 108 valence electrons. The lowest BCUT2D eigenvalue weighted by molar-refractivity contribution is -0.384. The molecule has 2 rings (SSSR count). The van der Waals surface area contributed by atoms with Gasteiger partial charge in [-0.05, 0) is 18.6 Å². The van der Waals surface area contributed by atoms with E-state index in [2.05, 4.69) is 14.7 Å². The summed E-state index contributed by atoms with van der Waals surface area (Å²) >= 11 is 0. The van der Waals surface area contributed by atoms with Crippen LogP contribution in [0.25, 0.3) is 0 Å². The van der Waals surface area contributed by atoms with Gasteiger partial charge < -0.3 is 9.47 Å². The van der Waals surface area contributed by atoms with Crippen molar-refractivity contribution in [2.45, 2.75) is 6.92 Å². The molecule has 0 N–H and O–H groups in total. The zero-order chi connectivity index (χ0) is 15.4. The third kappa shape index (κ3) is 3.30. The number of hydrogen-bond acceptors (Lipinski definition) is 7. The normalized spacial score (nSPS) is 10.0. The molecule has 0 aliphatic rings. The van der Waals surface area contributed by atoms with E-state index in [9.17, 15) is 14.9 Å². The number of nitro groups is 1. The topological polar surface area (TPSA) is 104 Å². The molecule has 1 aromatic carbocycles. The number of esters is 1. The number of methoxy groups -OCH3 is 1. The molecular formula is C13H11N3O5. The first-order valence-electron chi connectivity index (χ1n) is 5.84. The number of nitro benzene ring substituents is 1. The smallest absolute Gasteiger partial charge is 0.358 e. The van der Waals surface area contributed by atoms with Gasteiger partial charge in [-0.15, -0.1) is 0 Å². The van der Waals surface area contributed by atoms with Gasteiger partial charge >= 0.3 is 5.97 Å². The highest BCUT2D eigenvalue weighted by atomic mass is 16.6. The van der Waals surface area contributed by atoms with Gasteiger partial charge in [0.1, 0.15) is 5.75 Å². The van der Waals surface area contributed by atoms with Gasteiger partial charge in [0.05, 0.1) is 24.4 Å². The van der Waals surface area contributed by atoms with Crippen molar-refractivity contribution in [3.63, 3.8) is 0 Å². The first kappa shape index (κ1) is 14.4. The highest BCUT2D eigenvalue weighted by Crippen LogP contribution is 2.26. The first-order chi connectivity index (χ1) is 10.0. The molecular weight excluding hydrogens is 278 g/mol. The Morgan fingerprint density at radius 1 is 1.33 bits per heavy atom. The highest BCUT2D eigenvalue weighted by Gasteiger charge is 2.12. The molecule has 0 aliphatic carbocycles. The second-order valence-electron chi connectivity index (χ2n) is 4.04. The van der Waals surface area contributed by atoms with Gasteiger partial charge in [0.25, 0.3) is 5.69 Å². The van der Waals surface area contributed by atoms with Crippen LogP contribution in [0.4, 0.5) is 5.69 Å². The summed E-state index contributed by atoms with van der Waals surface area (Å²) < 4.78 is 10.0. The lowest BCUT2D eigenvalue weighted by Crippen LogP contribution is -2.05. The number of aryl methyl sites for hydroxylation is 1. The van der Waals surface area contributed by atoms with Crippen LogP contribution in [0.5, 0.6) is 11.6 Å². The largest absolute Gasteiger partial charge is 0.464 e. The predicted molar refractivity (Wildman–Crippen MR) is 71.3 cm³/mol. The molecule has 0 spiro atoms. The number of carbonyl (C=O) groups is 1. The Bertz CT molecular complexity index is 702. The molecule has 0 fully saturated rings. The van der Waals surface area contributed by atoms with Crippen LogP contribution in [0.2, 0.25) is 0 Å². The Morgan fingerprint density at radius 2 is 2.10 bits per heavy atom. The van der Waals surface area contributed by atoms with E-state index < -0.39 is 10.9 Å². The summed E-state index contributed by atoms with van der Waals surface area (Å²) in [5, 5.41) is 10.7. The average molecular weight is 289 g/mol. The molecule has 21 heavy (non-hydrogen) atoms. The Morgan fingerprint density at radius 3 is 2.71 bits per heavy atom. The van der Waals surface area contributed by atoms with E-state index in [0.717, 1.165) is 0 Å². The monoisotopic (exact) mass is 289 g/mol. The number of nitrogens with zero attached hydrogens (tertiary/aromatic N) is 3. The van der Waals surface area contributed by atoms with Gasteiger partial charge in [0.2, 0.25) is 5.88 Å². The number of ether oxygens (including phenoxy) is 2. The van der Waals surface area contributed by atoms with E-state index >= 15 is 0 Å². The zero-order valence-corrected chi connectivity index (χ0v) is 11.3. The Labute approximate surface area is 119 Å². The van der Waals surface area contributed by atoms with Gasteiger partial charge in [-0.1, -0.05) is 0 Å². The fourth-order valence-electron chi connectivity index (χ4n) is 1.57. The average Bonchev–Trinajstić information content (AvgIpc) is 2.48. The summed E-state index contributed by atoms with van der Waals surface area (Å²) in [6, 6.07) is 4.16. The summed E-state index contributed by atoms with van der Waals surface area (Å²) in [7, 11) is 1.23. The molecule has 8 nitrogen and oxygen atoms in total. The van der Waals surface area contributed by atoms with Crippen LogP contribution in [-0.4, -0.2) is 28.0 Å². The molecule has 0 bridgehead atoms. The van der Waals surface area contributed by atoms with Crippen molar-refractivity contribution in [3.05, 3.63) is 52.0 Å². The van der Waals surface area contributed by atoms with E-state index in [1.165, 1.54) is 37.7 Å². The predicted octanol–water partition coefficient (Wildman–Crippen LogP) is 2.27. The van der Waals surface area contributed by atoms with Crippen LogP contribution >= 0.6 is 0 Å². The Kier molecular flexibility index (Phi) is 4.07. The van der Waals surface area contributed by atoms with Crippen LogP contribution in [0.1, 0.15) is 16.1 Å². The fraction of sp³-hybridized carbons (Fsp3) is 0.154. The van der Waals surface area contributed by atoms with Crippen molar-refractivity contribution in [2.75, 3.05) is 7.11 Å². The van der Waals surface area contributed by atoms with Crippen molar-refractivity contribution < 1.29 is 19.2 Å². The summed E-state index contributed by atoms with van der Waals surface area (Å²) in [6.45, 7) is 1.67. The van der Waals surface area contributed by atoms with Crippen molar-refractivity contribution in [1.82, 2.24) is 9.97 Å². The minimum absolute atomic E-state index is 0.00886. The maximum Gasteiger partial charge on any atom is 0.358 e. The van der Waals surface area contributed by atoms with Crippen LogP contribution in [-0.2, 0) is 4.74 Å². The van der Waals surface area contributed by atoms with Gasteiger partial charge in [-0.2, -0.15) is 0 Å². The molecule has 0 amide bonds. The van der Waals surface area contributed by atoms with Crippen molar-refractivity contribution in [1.29, 1.82) is 0 Å². The van der Waals surface area contributed by atoms with Crippen LogP contribution in [0, 0.1) is 17.0 Å². The molecule has 1 heterocycles. The lowest BCUT2D eigenvalue weighted by atomic mass is 10.2. The molecule has 2 aromatic rings. The summed E-state index contributed by atoms with van der Waals surface area (Å²) in [4.78, 5) is 29.3. The van der Waals surface area contributed by atoms with E-state index in [4.69, 9.17) is 4.74 Å². The van der Waals surface area contributed by atoms with E-state index in [-0.39, 0.29) is 17.3 Å². The van der Waals surface area contributed by atoms with Gasteiger partial charge in [0.15, 0.2) is 5.69 Å². The molecule has 0 saturated heterocycles. The van der Waals surface area contributed by atoms with Crippen molar-refractivity contribution in [2.24, 2.45) is 0 Å². The highest BCUT2D eigenvalue weighted by molar-refractivity contribution is 5.86. The number of carbonyl (C=O) groups excluding carboxylic acids is 1. The van der Waals surface area contributed by atoms with E-state index in [0.29, 0.717) is 11.3 Å². The standard InChI is InChI=1S/C13H11N3O5/c1-8-5-9(16(18)19)3-4-11(8)21-12-7-14-6-10(15-12)13(17)20-2/h3-7H,1-2H3. The zero-order valence-electron chi connectivity index (χ0n) is 11.3. The minimum Gasteiger partial charge on any atom is -0.464 e.